The first-order valence-corrected chi connectivity index (χ1v) is 9.05. The number of amides is 1. The molecule has 0 radical (unpaired) electrons. The van der Waals surface area contributed by atoms with Crippen molar-refractivity contribution in [2.24, 2.45) is 0 Å². The number of halogens is 1. The van der Waals surface area contributed by atoms with Crippen molar-refractivity contribution in [3.63, 3.8) is 0 Å². The van der Waals surface area contributed by atoms with E-state index in [0.717, 1.165) is 22.2 Å². The Balaban J connectivity index is 1.41. The summed E-state index contributed by atoms with van der Waals surface area (Å²) in [6.07, 6.45) is 0.127. The van der Waals surface area contributed by atoms with E-state index in [1.165, 1.54) is 12.1 Å². The first-order chi connectivity index (χ1) is 13.5. The van der Waals surface area contributed by atoms with Gasteiger partial charge in [0.2, 0.25) is 11.8 Å². The molecule has 2 aromatic heterocycles. The molecule has 5 nitrogen and oxygen atoms in total. The summed E-state index contributed by atoms with van der Waals surface area (Å²) < 4.78 is 18.7. The van der Waals surface area contributed by atoms with Crippen molar-refractivity contribution >= 4 is 16.8 Å². The highest BCUT2D eigenvalue weighted by molar-refractivity contribution is 5.82. The highest BCUT2D eigenvalue weighted by Crippen LogP contribution is 2.22. The third-order valence-electron chi connectivity index (χ3n) is 4.62. The van der Waals surface area contributed by atoms with Gasteiger partial charge in [-0.25, -0.2) is 9.37 Å². The van der Waals surface area contributed by atoms with Gasteiger partial charge in [-0.1, -0.05) is 6.07 Å². The lowest BCUT2D eigenvalue weighted by Gasteiger charge is -2.05. The fraction of sp³-hybridized carbons (Fsp3) is 0.182. The Kier molecular flexibility index (Phi) is 4.69. The number of carbonyl (C=O) groups excluding carboxylic acids is 1. The second-order valence-electron chi connectivity index (χ2n) is 6.86. The summed E-state index contributed by atoms with van der Waals surface area (Å²) in [5.41, 5.74) is 4.47. The van der Waals surface area contributed by atoms with Crippen molar-refractivity contribution in [2.75, 3.05) is 0 Å². The Morgan fingerprint density at radius 2 is 1.93 bits per heavy atom. The zero-order chi connectivity index (χ0) is 19.7. The molecule has 28 heavy (non-hydrogen) atoms. The van der Waals surface area contributed by atoms with Crippen LogP contribution in [0.4, 0.5) is 4.39 Å². The van der Waals surface area contributed by atoms with Crippen LogP contribution in [0.2, 0.25) is 0 Å². The summed E-state index contributed by atoms with van der Waals surface area (Å²) in [5, 5.41) is 4.05. The van der Waals surface area contributed by atoms with Crippen molar-refractivity contribution < 1.29 is 13.6 Å². The molecular weight excluding hydrogens is 357 g/mol. The normalized spacial score (nSPS) is 11.1. The topological polar surface area (TPSA) is 70.9 Å². The van der Waals surface area contributed by atoms with Crippen molar-refractivity contribution in [3.05, 3.63) is 77.1 Å². The van der Waals surface area contributed by atoms with Gasteiger partial charge in [0.1, 0.15) is 11.6 Å². The Morgan fingerprint density at radius 1 is 1.14 bits per heavy atom. The molecule has 0 aliphatic rings. The number of nitrogens with zero attached hydrogens (tertiary/aromatic N) is 1. The van der Waals surface area contributed by atoms with Crippen molar-refractivity contribution in [2.45, 2.75) is 26.8 Å². The molecule has 2 heterocycles. The van der Waals surface area contributed by atoms with Gasteiger partial charge in [0, 0.05) is 23.3 Å². The van der Waals surface area contributed by atoms with Crippen molar-refractivity contribution in [3.8, 4) is 11.5 Å². The molecule has 2 aromatic carbocycles. The van der Waals surface area contributed by atoms with E-state index in [9.17, 15) is 9.18 Å². The van der Waals surface area contributed by atoms with E-state index in [1.54, 1.807) is 19.1 Å². The van der Waals surface area contributed by atoms with Gasteiger partial charge >= 0.3 is 0 Å². The highest BCUT2D eigenvalue weighted by Gasteiger charge is 2.15. The van der Waals surface area contributed by atoms with Crippen LogP contribution in [0.5, 0.6) is 0 Å². The predicted molar refractivity (Wildman–Crippen MR) is 105 cm³/mol. The van der Waals surface area contributed by atoms with Crippen LogP contribution in [0.1, 0.15) is 22.7 Å². The number of nitrogens with one attached hydrogen (secondary N) is 2. The number of rotatable bonds is 5. The van der Waals surface area contributed by atoms with Gasteiger partial charge < -0.3 is 14.7 Å². The fourth-order valence-electron chi connectivity index (χ4n) is 3.16. The van der Waals surface area contributed by atoms with E-state index in [0.29, 0.717) is 29.5 Å². The molecule has 2 N–H and O–H groups in total. The van der Waals surface area contributed by atoms with E-state index in [1.807, 2.05) is 19.1 Å². The van der Waals surface area contributed by atoms with E-state index in [-0.39, 0.29) is 18.1 Å². The molecule has 0 atom stereocenters. The molecule has 0 fully saturated rings. The van der Waals surface area contributed by atoms with Gasteiger partial charge in [-0.2, -0.15) is 0 Å². The van der Waals surface area contributed by atoms with Crippen LogP contribution in [0.25, 0.3) is 22.4 Å². The minimum atomic E-state index is -0.320. The summed E-state index contributed by atoms with van der Waals surface area (Å²) in [7, 11) is 0. The maximum Gasteiger partial charge on any atom is 0.226 e. The van der Waals surface area contributed by atoms with E-state index >= 15 is 0 Å². The number of carbonyl (C=O) groups is 1. The second-order valence-corrected chi connectivity index (χ2v) is 6.86. The molecule has 0 bridgehead atoms. The predicted octanol–water partition coefficient (Wildman–Crippen LogP) is 4.44. The maximum atomic E-state index is 13.1. The van der Waals surface area contributed by atoms with Gasteiger partial charge in [-0.15, -0.1) is 0 Å². The number of H-pyrrole nitrogens is 1. The SMILES string of the molecule is Cc1cc2cc(CNC(=O)Cc3nc(-c4ccc(F)cc4)oc3C)ccc2[nH]1. The minimum absolute atomic E-state index is 0.127. The van der Waals surface area contributed by atoms with Crippen LogP contribution in [0.3, 0.4) is 0 Å². The molecule has 1 amide bonds. The summed E-state index contributed by atoms with van der Waals surface area (Å²) in [6, 6.07) is 14.1. The average molecular weight is 377 g/mol. The Hall–Kier alpha value is -3.41. The third kappa shape index (κ3) is 3.81. The van der Waals surface area contributed by atoms with Crippen LogP contribution in [0.15, 0.2) is 52.9 Å². The molecule has 0 spiro atoms. The summed E-state index contributed by atoms with van der Waals surface area (Å²) in [4.78, 5) is 20.0. The van der Waals surface area contributed by atoms with E-state index in [4.69, 9.17) is 4.42 Å². The van der Waals surface area contributed by atoms with Crippen LogP contribution >= 0.6 is 0 Å². The van der Waals surface area contributed by atoms with Gasteiger partial charge in [-0.3, -0.25) is 4.79 Å². The molecule has 4 rings (SSSR count). The zero-order valence-corrected chi connectivity index (χ0v) is 15.7. The molecule has 0 aliphatic heterocycles. The lowest BCUT2D eigenvalue weighted by Crippen LogP contribution is -2.24. The second kappa shape index (κ2) is 7.31. The van der Waals surface area contributed by atoms with Gasteiger partial charge in [0.15, 0.2) is 0 Å². The zero-order valence-electron chi connectivity index (χ0n) is 15.7. The van der Waals surface area contributed by atoms with Gasteiger partial charge in [0.25, 0.3) is 0 Å². The molecule has 0 unspecified atom stereocenters. The smallest absolute Gasteiger partial charge is 0.226 e. The first kappa shape index (κ1) is 18.0. The maximum absolute atomic E-state index is 13.1. The number of aryl methyl sites for hydroxylation is 2. The number of fused-ring (bicyclic) bond motifs is 1. The highest BCUT2D eigenvalue weighted by atomic mass is 19.1. The monoisotopic (exact) mass is 377 g/mol. The lowest BCUT2D eigenvalue weighted by atomic mass is 10.1. The number of oxazole rings is 1. The Labute approximate surface area is 161 Å². The minimum Gasteiger partial charge on any atom is -0.441 e. The number of benzene rings is 2. The molecule has 142 valence electrons. The average Bonchev–Trinajstić information content (AvgIpc) is 3.22. The number of hydrogen-bond acceptors (Lipinski definition) is 3. The van der Waals surface area contributed by atoms with Crippen LogP contribution in [0, 0.1) is 19.7 Å². The fourth-order valence-corrected chi connectivity index (χ4v) is 3.16. The number of aromatic amines is 1. The van der Waals surface area contributed by atoms with Crippen molar-refractivity contribution in [1.29, 1.82) is 0 Å². The molecule has 4 aromatic rings. The summed E-state index contributed by atoms with van der Waals surface area (Å²) >= 11 is 0. The molecule has 0 aliphatic carbocycles. The molecule has 6 heteroatoms. The Bertz CT molecular complexity index is 1140. The molecule has 0 saturated carbocycles. The van der Waals surface area contributed by atoms with Crippen LogP contribution in [-0.4, -0.2) is 15.9 Å². The third-order valence-corrected chi connectivity index (χ3v) is 4.62. The number of hydrogen-bond donors (Lipinski definition) is 2. The largest absolute Gasteiger partial charge is 0.441 e. The first-order valence-electron chi connectivity index (χ1n) is 9.05. The summed E-state index contributed by atoms with van der Waals surface area (Å²) in [5.74, 6) is 0.513. The van der Waals surface area contributed by atoms with E-state index < -0.39 is 0 Å². The van der Waals surface area contributed by atoms with Gasteiger partial charge in [0.05, 0.1) is 12.1 Å². The number of aromatic nitrogens is 2. The standard InChI is InChI=1S/C22H20FN3O2/c1-13-9-17-10-15(3-8-19(17)25-13)12-24-21(27)11-20-14(2)28-22(26-20)16-4-6-18(23)7-5-16/h3-10,25H,11-12H2,1-2H3,(H,24,27). The summed E-state index contributed by atoms with van der Waals surface area (Å²) in [6.45, 7) is 4.23. The lowest BCUT2D eigenvalue weighted by molar-refractivity contribution is -0.120. The molecular formula is C22H20FN3O2. The van der Waals surface area contributed by atoms with Gasteiger partial charge in [-0.05, 0) is 67.3 Å². The van der Waals surface area contributed by atoms with Crippen molar-refractivity contribution in [1.82, 2.24) is 15.3 Å². The quantitative estimate of drug-likeness (QED) is 0.540. The molecule has 0 saturated heterocycles. The van der Waals surface area contributed by atoms with Crippen LogP contribution in [-0.2, 0) is 17.8 Å². The van der Waals surface area contributed by atoms with E-state index in [2.05, 4.69) is 27.4 Å². The van der Waals surface area contributed by atoms with Crippen LogP contribution < -0.4 is 5.32 Å². The Morgan fingerprint density at radius 3 is 2.71 bits per heavy atom.